The van der Waals surface area contributed by atoms with Crippen LogP contribution in [0.15, 0.2) is 6.07 Å². The van der Waals surface area contributed by atoms with E-state index in [0.29, 0.717) is 12.0 Å². The average Bonchev–Trinajstić information content (AvgIpc) is 2.41. The summed E-state index contributed by atoms with van der Waals surface area (Å²) in [5.41, 5.74) is 0. The number of hydrogen-bond donors (Lipinski definition) is 1. The lowest BCUT2D eigenvalue weighted by atomic mass is 9.88. The summed E-state index contributed by atoms with van der Waals surface area (Å²) < 4.78 is 6.11. The fraction of sp³-hybridized carbons (Fsp3) is 0.733. The van der Waals surface area contributed by atoms with Gasteiger partial charge in [0, 0.05) is 19.5 Å². The second kappa shape index (κ2) is 6.73. The highest BCUT2D eigenvalue weighted by molar-refractivity contribution is 5.37. The Hall–Kier alpha value is -1.32. The second-order valence-corrected chi connectivity index (χ2v) is 5.43. The summed E-state index contributed by atoms with van der Waals surface area (Å²) in [5, 5.41) is 3.08. The van der Waals surface area contributed by atoms with Crippen LogP contribution >= 0.6 is 0 Å². The Morgan fingerprint density at radius 1 is 1.32 bits per heavy atom. The molecule has 1 aliphatic carbocycles. The van der Waals surface area contributed by atoms with Gasteiger partial charge in [-0.15, -0.1) is 0 Å². The van der Waals surface area contributed by atoms with Crippen LogP contribution in [0.2, 0.25) is 0 Å². The van der Waals surface area contributed by atoms with Crippen molar-refractivity contribution in [2.45, 2.75) is 58.5 Å². The SMILES string of the molecule is CCCc1nc(NC)cc(OC2CCCCC2C)n1. The molecule has 4 nitrogen and oxygen atoms in total. The van der Waals surface area contributed by atoms with Crippen molar-refractivity contribution < 1.29 is 4.74 Å². The number of anilines is 1. The van der Waals surface area contributed by atoms with Crippen LogP contribution < -0.4 is 10.1 Å². The van der Waals surface area contributed by atoms with E-state index in [0.717, 1.165) is 36.8 Å². The highest BCUT2D eigenvalue weighted by atomic mass is 16.5. The van der Waals surface area contributed by atoms with Crippen molar-refractivity contribution >= 4 is 5.82 Å². The molecule has 1 aromatic heterocycles. The van der Waals surface area contributed by atoms with Crippen molar-refractivity contribution in [3.63, 3.8) is 0 Å². The van der Waals surface area contributed by atoms with Crippen molar-refractivity contribution in [1.82, 2.24) is 9.97 Å². The van der Waals surface area contributed by atoms with Gasteiger partial charge in [0.15, 0.2) is 0 Å². The molecule has 2 atom stereocenters. The van der Waals surface area contributed by atoms with E-state index in [1.807, 2.05) is 13.1 Å². The molecule has 0 bridgehead atoms. The van der Waals surface area contributed by atoms with Gasteiger partial charge in [0.25, 0.3) is 0 Å². The molecule has 0 saturated heterocycles. The van der Waals surface area contributed by atoms with Gasteiger partial charge in [0.1, 0.15) is 17.7 Å². The van der Waals surface area contributed by atoms with Crippen molar-refractivity contribution in [1.29, 1.82) is 0 Å². The zero-order valence-electron chi connectivity index (χ0n) is 12.3. The number of hydrogen-bond acceptors (Lipinski definition) is 4. The van der Waals surface area contributed by atoms with Gasteiger partial charge in [-0.3, -0.25) is 0 Å². The largest absolute Gasteiger partial charge is 0.474 e. The summed E-state index contributed by atoms with van der Waals surface area (Å²) in [4.78, 5) is 8.98. The van der Waals surface area contributed by atoms with E-state index in [1.165, 1.54) is 19.3 Å². The fourth-order valence-electron chi connectivity index (χ4n) is 2.61. The highest BCUT2D eigenvalue weighted by Gasteiger charge is 2.23. The zero-order chi connectivity index (χ0) is 13.7. The van der Waals surface area contributed by atoms with E-state index >= 15 is 0 Å². The van der Waals surface area contributed by atoms with Crippen molar-refractivity contribution in [2.75, 3.05) is 12.4 Å². The van der Waals surface area contributed by atoms with E-state index < -0.39 is 0 Å². The lowest BCUT2D eigenvalue weighted by Gasteiger charge is -2.28. The summed E-state index contributed by atoms with van der Waals surface area (Å²) in [7, 11) is 1.88. The number of ether oxygens (including phenoxy) is 1. The van der Waals surface area contributed by atoms with Crippen LogP contribution in [0.1, 0.15) is 51.8 Å². The van der Waals surface area contributed by atoms with Crippen LogP contribution in [0.5, 0.6) is 5.88 Å². The fourth-order valence-corrected chi connectivity index (χ4v) is 2.61. The third-order valence-electron chi connectivity index (χ3n) is 3.78. The minimum absolute atomic E-state index is 0.308. The molecule has 2 unspecified atom stereocenters. The van der Waals surface area contributed by atoms with Crippen molar-refractivity contribution in [2.24, 2.45) is 5.92 Å². The maximum absolute atomic E-state index is 6.11. The molecular weight excluding hydrogens is 238 g/mol. The lowest BCUT2D eigenvalue weighted by Crippen LogP contribution is -2.28. The summed E-state index contributed by atoms with van der Waals surface area (Å²) in [5.74, 6) is 3.06. The molecular formula is C15H25N3O. The van der Waals surface area contributed by atoms with Crippen LogP contribution in [0.3, 0.4) is 0 Å². The number of nitrogens with zero attached hydrogens (tertiary/aromatic N) is 2. The summed E-state index contributed by atoms with van der Waals surface area (Å²) in [6.07, 6.45) is 7.25. The predicted molar refractivity (Wildman–Crippen MR) is 77.6 cm³/mol. The Labute approximate surface area is 116 Å². The normalized spacial score (nSPS) is 23.1. The van der Waals surface area contributed by atoms with Gasteiger partial charge < -0.3 is 10.1 Å². The van der Waals surface area contributed by atoms with E-state index in [1.54, 1.807) is 0 Å². The van der Waals surface area contributed by atoms with Gasteiger partial charge in [-0.25, -0.2) is 4.98 Å². The van der Waals surface area contributed by atoms with Gasteiger partial charge in [-0.1, -0.05) is 20.3 Å². The third-order valence-corrected chi connectivity index (χ3v) is 3.78. The Morgan fingerprint density at radius 3 is 2.79 bits per heavy atom. The van der Waals surface area contributed by atoms with Gasteiger partial charge >= 0.3 is 0 Å². The lowest BCUT2D eigenvalue weighted by molar-refractivity contribution is 0.0972. The number of rotatable bonds is 5. The molecule has 1 aromatic rings. The van der Waals surface area contributed by atoms with Crippen LogP contribution in [0.25, 0.3) is 0 Å². The van der Waals surface area contributed by atoms with Crippen LogP contribution in [0.4, 0.5) is 5.82 Å². The van der Waals surface area contributed by atoms with Gasteiger partial charge in [0.05, 0.1) is 0 Å². The molecule has 0 aromatic carbocycles. The van der Waals surface area contributed by atoms with Gasteiger partial charge in [0.2, 0.25) is 5.88 Å². The monoisotopic (exact) mass is 263 g/mol. The molecule has 1 heterocycles. The topological polar surface area (TPSA) is 47.0 Å². The molecule has 19 heavy (non-hydrogen) atoms. The van der Waals surface area contributed by atoms with E-state index in [4.69, 9.17) is 4.74 Å². The first-order valence-corrected chi connectivity index (χ1v) is 7.45. The second-order valence-electron chi connectivity index (χ2n) is 5.43. The van der Waals surface area contributed by atoms with E-state index in [9.17, 15) is 0 Å². The first-order chi connectivity index (χ1) is 9.22. The molecule has 0 radical (unpaired) electrons. The smallest absolute Gasteiger partial charge is 0.219 e. The molecule has 2 rings (SSSR count). The summed E-state index contributed by atoms with van der Waals surface area (Å²) in [6.45, 7) is 4.41. The van der Waals surface area contributed by atoms with Crippen molar-refractivity contribution in [3.05, 3.63) is 11.9 Å². The summed E-state index contributed by atoms with van der Waals surface area (Å²) >= 11 is 0. The Kier molecular flexibility index (Phi) is 5.00. The standard InChI is InChI=1S/C15H25N3O/c1-4-7-13-17-14(16-3)10-15(18-13)19-12-9-6-5-8-11(12)2/h10-12H,4-9H2,1-3H3,(H,16,17,18). The molecule has 1 saturated carbocycles. The Bertz CT molecular complexity index is 408. The molecule has 0 aliphatic heterocycles. The van der Waals surface area contributed by atoms with Gasteiger partial charge in [-0.2, -0.15) is 4.98 Å². The van der Waals surface area contributed by atoms with Gasteiger partial charge in [-0.05, 0) is 31.6 Å². The molecule has 0 spiro atoms. The first kappa shape index (κ1) is 14.1. The number of nitrogens with one attached hydrogen (secondary N) is 1. The van der Waals surface area contributed by atoms with Crippen LogP contribution in [-0.2, 0) is 6.42 Å². The molecule has 106 valence electrons. The molecule has 1 aliphatic rings. The number of aryl methyl sites for hydroxylation is 1. The Balaban J connectivity index is 2.11. The maximum Gasteiger partial charge on any atom is 0.219 e. The van der Waals surface area contributed by atoms with E-state index in [2.05, 4.69) is 29.1 Å². The first-order valence-electron chi connectivity index (χ1n) is 7.45. The van der Waals surface area contributed by atoms with E-state index in [-0.39, 0.29) is 0 Å². The Morgan fingerprint density at radius 2 is 2.11 bits per heavy atom. The molecule has 1 N–H and O–H groups in total. The third kappa shape index (κ3) is 3.82. The van der Waals surface area contributed by atoms with Crippen LogP contribution in [-0.4, -0.2) is 23.1 Å². The number of aromatic nitrogens is 2. The van der Waals surface area contributed by atoms with Crippen LogP contribution in [0, 0.1) is 5.92 Å². The molecule has 0 amide bonds. The molecule has 4 heteroatoms. The predicted octanol–water partition coefficient (Wildman–Crippen LogP) is 3.43. The quantitative estimate of drug-likeness (QED) is 0.884. The molecule has 1 fully saturated rings. The maximum atomic E-state index is 6.11. The van der Waals surface area contributed by atoms with Crippen molar-refractivity contribution in [3.8, 4) is 5.88 Å². The zero-order valence-corrected chi connectivity index (χ0v) is 12.3. The minimum atomic E-state index is 0.308. The minimum Gasteiger partial charge on any atom is -0.474 e. The average molecular weight is 263 g/mol. The highest BCUT2D eigenvalue weighted by Crippen LogP contribution is 2.28. The summed E-state index contributed by atoms with van der Waals surface area (Å²) in [6, 6.07) is 1.90.